The molecule has 0 aliphatic rings. The molecule has 0 unspecified atom stereocenters. The predicted octanol–water partition coefficient (Wildman–Crippen LogP) is 2.69. The number of halogens is 2. The Morgan fingerprint density at radius 3 is 2.78 bits per heavy atom. The van der Waals surface area contributed by atoms with Crippen molar-refractivity contribution in [3.8, 4) is 11.6 Å². The van der Waals surface area contributed by atoms with Crippen molar-refractivity contribution in [3.05, 3.63) is 35.1 Å². The lowest BCUT2D eigenvalue weighted by atomic mass is 10.3. The molecule has 0 bridgehead atoms. The van der Waals surface area contributed by atoms with Crippen molar-refractivity contribution in [2.45, 2.75) is 0 Å². The van der Waals surface area contributed by atoms with Gasteiger partial charge in [0.25, 0.3) is 0 Å². The van der Waals surface area contributed by atoms with Crippen LogP contribution in [0.25, 0.3) is 0 Å². The second-order valence-electron chi connectivity index (χ2n) is 3.38. The summed E-state index contributed by atoms with van der Waals surface area (Å²) in [7, 11) is 1.69. The van der Waals surface area contributed by atoms with E-state index in [1.807, 2.05) is 0 Å². The first-order valence-corrected chi connectivity index (χ1v) is 5.41. The molecule has 94 valence electrons. The lowest BCUT2D eigenvalue weighted by Gasteiger charge is -2.08. The van der Waals surface area contributed by atoms with Crippen LogP contribution >= 0.6 is 11.6 Å². The van der Waals surface area contributed by atoms with E-state index in [2.05, 4.69) is 15.3 Å². The fourth-order valence-corrected chi connectivity index (χ4v) is 1.50. The van der Waals surface area contributed by atoms with Gasteiger partial charge in [-0.25, -0.2) is 4.39 Å². The highest BCUT2D eigenvalue weighted by Crippen LogP contribution is 2.29. The van der Waals surface area contributed by atoms with Gasteiger partial charge in [-0.1, -0.05) is 11.6 Å². The molecule has 5 nitrogen and oxygen atoms in total. The molecule has 0 radical (unpaired) electrons. The lowest BCUT2D eigenvalue weighted by Crippen LogP contribution is -2.01. The highest BCUT2D eigenvalue weighted by molar-refractivity contribution is 6.32. The summed E-state index contributed by atoms with van der Waals surface area (Å²) >= 11 is 5.84. The number of aromatic nitrogens is 2. The monoisotopic (exact) mass is 268 g/mol. The zero-order valence-corrected chi connectivity index (χ0v) is 10.2. The molecule has 0 spiro atoms. The van der Waals surface area contributed by atoms with Crippen molar-refractivity contribution in [2.75, 3.05) is 18.1 Å². The van der Waals surface area contributed by atoms with Crippen molar-refractivity contribution >= 4 is 23.4 Å². The maximum absolute atomic E-state index is 12.9. The van der Waals surface area contributed by atoms with Crippen LogP contribution in [0.3, 0.4) is 0 Å². The second kappa shape index (κ2) is 5.05. The molecule has 0 fully saturated rings. The minimum atomic E-state index is -0.439. The Morgan fingerprint density at radius 1 is 1.33 bits per heavy atom. The lowest BCUT2D eigenvalue weighted by molar-refractivity contribution is 0.461. The molecule has 3 N–H and O–H groups in total. The number of rotatable bonds is 3. The van der Waals surface area contributed by atoms with E-state index in [-0.39, 0.29) is 16.9 Å². The Bertz CT molecular complexity index is 579. The van der Waals surface area contributed by atoms with Crippen molar-refractivity contribution < 1.29 is 9.13 Å². The number of nitrogen functional groups attached to an aromatic ring is 1. The summed E-state index contributed by atoms with van der Waals surface area (Å²) in [4.78, 5) is 7.81. The Labute approximate surface area is 108 Å². The third kappa shape index (κ3) is 2.78. The molecule has 0 amide bonds. The third-order valence-corrected chi connectivity index (χ3v) is 2.38. The molecule has 0 atom stereocenters. The third-order valence-electron chi connectivity index (χ3n) is 2.08. The van der Waals surface area contributed by atoms with Gasteiger partial charge in [0.1, 0.15) is 17.4 Å². The molecule has 1 aromatic carbocycles. The van der Waals surface area contributed by atoms with E-state index in [1.54, 1.807) is 13.1 Å². The van der Waals surface area contributed by atoms with E-state index in [1.165, 1.54) is 12.1 Å². The highest BCUT2D eigenvalue weighted by Gasteiger charge is 2.07. The summed E-state index contributed by atoms with van der Waals surface area (Å²) in [5.74, 6) is 0.648. The standard InChI is InChI=1S/C11H10ClFN4O/c1-15-9-5-10(17-11(14)16-9)18-8-3-2-6(13)4-7(8)12/h2-5H,1H3,(H3,14,15,16,17). The van der Waals surface area contributed by atoms with Crippen molar-refractivity contribution in [1.29, 1.82) is 0 Å². The highest BCUT2D eigenvalue weighted by atomic mass is 35.5. The van der Waals surface area contributed by atoms with Crippen molar-refractivity contribution in [1.82, 2.24) is 9.97 Å². The van der Waals surface area contributed by atoms with Gasteiger partial charge in [-0.05, 0) is 18.2 Å². The van der Waals surface area contributed by atoms with E-state index >= 15 is 0 Å². The summed E-state index contributed by atoms with van der Waals surface area (Å²) < 4.78 is 18.3. The van der Waals surface area contributed by atoms with Crippen LogP contribution in [0.2, 0.25) is 5.02 Å². The zero-order chi connectivity index (χ0) is 13.1. The van der Waals surface area contributed by atoms with Gasteiger partial charge >= 0.3 is 0 Å². The van der Waals surface area contributed by atoms with Crippen LogP contribution in [-0.2, 0) is 0 Å². The molecule has 0 saturated heterocycles. The van der Waals surface area contributed by atoms with Crippen LogP contribution < -0.4 is 15.8 Å². The van der Waals surface area contributed by atoms with Crippen LogP contribution in [0, 0.1) is 5.82 Å². The van der Waals surface area contributed by atoms with E-state index in [0.717, 1.165) is 6.07 Å². The fourth-order valence-electron chi connectivity index (χ4n) is 1.29. The average Bonchev–Trinajstić information content (AvgIpc) is 2.32. The number of anilines is 2. The van der Waals surface area contributed by atoms with Gasteiger partial charge in [0.15, 0.2) is 0 Å². The maximum Gasteiger partial charge on any atom is 0.226 e. The van der Waals surface area contributed by atoms with Crippen LogP contribution in [0.4, 0.5) is 16.2 Å². The van der Waals surface area contributed by atoms with Crippen LogP contribution in [-0.4, -0.2) is 17.0 Å². The van der Waals surface area contributed by atoms with Gasteiger partial charge in [-0.15, -0.1) is 0 Å². The minimum absolute atomic E-state index is 0.0649. The molecule has 2 rings (SSSR count). The molecule has 7 heteroatoms. The van der Waals surface area contributed by atoms with Crippen molar-refractivity contribution in [3.63, 3.8) is 0 Å². The van der Waals surface area contributed by atoms with Crippen molar-refractivity contribution in [2.24, 2.45) is 0 Å². The number of benzene rings is 1. The van der Waals surface area contributed by atoms with Gasteiger partial charge in [0.2, 0.25) is 11.8 Å². The summed E-state index contributed by atoms with van der Waals surface area (Å²) in [6.07, 6.45) is 0. The molecule has 0 saturated carbocycles. The summed E-state index contributed by atoms with van der Waals surface area (Å²) in [5.41, 5.74) is 5.52. The predicted molar refractivity (Wildman–Crippen MR) is 67.5 cm³/mol. The number of nitrogens with two attached hydrogens (primary N) is 1. The molecule has 18 heavy (non-hydrogen) atoms. The number of nitrogens with one attached hydrogen (secondary N) is 1. The Morgan fingerprint density at radius 2 is 2.11 bits per heavy atom. The normalized spacial score (nSPS) is 10.2. The molecule has 1 heterocycles. The molecule has 2 aromatic rings. The first kappa shape index (κ1) is 12.4. The summed E-state index contributed by atoms with van der Waals surface area (Å²) in [6, 6.07) is 5.36. The van der Waals surface area contributed by atoms with Gasteiger partial charge < -0.3 is 15.8 Å². The first-order chi connectivity index (χ1) is 8.58. The summed E-state index contributed by atoms with van der Waals surface area (Å²) in [5, 5.41) is 2.96. The maximum atomic E-state index is 12.9. The quantitative estimate of drug-likeness (QED) is 0.895. The number of hydrogen-bond donors (Lipinski definition) is 2. The fraction of sp³-hybridized carbons (Fsp3) is 0.0909. The molecule has 1 aromatic heterocycles. The molecule has 0 aliphatic carbocycles. The Kier molecular flexibility index (Phi) is 3.47. The van der Waals surface area contributed by atoms with E-state index in [0.29, 0.717) is 11.6 Å². The van der Waals surface area contributed by atoms with E-state index in [4.69, 9.17) is 22.1 Å². The van der Waals surface area contributed by atoms with E-state index in [9.17, 15) is 4.39 Å². The molecule has 0 aliphatic heterocycles. The largest absolute Gasteiger partial charge is 0.437 e. The van der Waals surface area contributed by atoms with E-state index < -0.39 is 5.82 Å². The second-order valence-corrected chi connectivity index (χ2v) is 3.78. The van der Waals surface area contributed by atoms with Crippen LogP contribution in [0.5, 0.6) is 11.6 Å². The minimum Gasteiger partial charge on any atom is -0.437 e. The topological polar surface area (TPSA) is 73.1 Å². The Hall–Kier alpha value is -2.08. The van der Waals surface area contributed by atoms with Gasteiger partial charge in [-0.2, -0.15) is 9.97 Å². The molecular formula is C11H10ClFN4O. The van der Waals surface area contributed by atoms with Gasteiger partial charge in [-0.3, -0.25) is 0 Å². The Balaban J connectivity index is 2.30. The van der Waals surface area contributed by atoms with Crippen LogP contribution in [0.1, 0.15) is 0 Å². The number of nitrogens with zero attached hydrogens (tertiary/aromatic N) is 2. The van der Waals surface area contributed by atoms with Gasteiger partial charge in [0, 0.05) is 13.1 Å². The first-order valence-electron chi connectivity index (χ1n) is 5.03. The zero-order valence-electron chi connectivity index (χ0n) is 9.45. The number of hydrogen-bond acceptors (Lipinski definition) is 5. The van der Waals surface area contributed by atoms with Crippen LogP contribution in [0.15, 0.2) is 24.3 Å². The number of ether oxygens (including phenoxy) is 1. The average molecular weight is 269 g/mol. The van der Waals surface area contributed by atoms with Gasteiger partial charge in [0.05, 0.1) is 5.02 Å². The molecular weight excluding hydrogens is 259 g/mol. The summed E-state index contributed by atoms with van der Waals surface area (Å²) in [6.45, 7) is 0. The smallest absolute Gasteiger partial charge is 0.226 e. The SMILES string of the molecule is CNc1cc(Oc2ccc(F)cc2Cl)nc(N)n1.